The highest BCUT2D eigenvalue weighted by atomic mass is 35.5. The minimum atomic E-state index is -0.230. The lowest BCUT2D eigenvalue weighted by Crippen LogP contribution is -2.39. The Labute approximate surface area is 157 Å². The predicted octanol–water partition coefficient (Wildman–Crippen LogP) is 3.55. The first-order chi connectivity index (χ1) is 12.5. The number of fused-ring (bicyclic) bond motifs is 1. The summed E-state index contributed by atoms with van der Waals surface area (Å²) in [5.41, 5.74) is 3.08. The Morgan fingerprint density at radius 3 is 2.88 bits per heavy atom. The van der Waals surface area contributed by atoms with Crippen LogP contribution in [-0.4, -0.2) is 41.1 Å². The van der Waals surface area contributed by atoms with Crippen molar-refractivity contribution in [3.63, 3.8) is 0 Å². The molecule has 0 aliphatic rings. The molecule has 138 valence electrons. The molecule has 0 bridgehead atoms. The number of guanidine groups is 1. The van der Waals surface area contributed by atoms with Gasteiger partial charge in [-0.25, -0.2) is 4.39 Å². The zero-order valence-corrected chi connectivity index (χ0v) is 15.9. The Hall–Kier alpha value is -2.47. The van der Waals surface area contributed by atoms with Crippen molar-refractivity contribution in [2.45, 2.75) is 13.0 Å². The van der Waals surface area contributed by atoms with E-state index in [9.17, 15) is 4.39 Å². The van der Waals surface area contributed by atoms with E-state index < -0.39 is 0 Å². The molecule has 2 aromatic heterocycles. The second-order valence-corrected chi connectivity index (χ2v) is 6.78. The number of H-pyrrole nitrogens is 1. The van der Waals surface area contributed by atoms with Gasteiger partial charge in [0.15, 0.2) is 5.96 Å². The molecule has 2 heterocycles. The second kappa shape index (κ2) is 7.83. The number of aliphatic imine (C=N–C) groups is 1. The highest BCUT2D eigenvalue weighted by Crippen LogP contribution is 2.19. The van der Waals surface area contributed by atoms with Gasteiger partial charge in [-0.1, -0.05) is 11.6 Å². The zero-order chi connectivity index (χ0) is 18.7. The fourth-order valence-corrected chi connectivity index (χ4v) is 3.37. The largest absolute Gasteiger partial charge is 0.361 e. The SMILES string of the molecule is CN=C(NCCc1c[nH]c2cc(F)ccc12)N(C)Cc1cc(Cl)cn1C. The molecule has 3 aromatic rings. The summed E-state index contributed by atoms with van der Waals surface area (Å²) in [6, 6.07) is 6.78. The molecule has 0 saturated carbocycles. The Morgan fingerprint density at radius 2 is 2.19 bits per heavy atom. The number of aromatic nitrogens is 2. The number of nitrogens with one attached hydrogen (secondary N) is 2. The molecule has 7 heteroatoms. The first kappa shape index (κ1) is 18.3. The molecule has 1 aromatic carbocycles. The van der Waals surface area contributed by atoms with Gasteiger partial charge >= 0.3 is 0 Å². The summed E-state index contributed by atoms with van der Waals surface area (Å²) in [6.45, 7) is 1.44. The minimum Gasteiger partial charge on any atom is -0.361 e. The van der Waals surface area contributed by atoms with E-state index in [4.69, 9.17) is 11.6 Å². The van der Waals surface area contributed by atoms with Gasteiger partial charge in [0.05, 0.1) is 11.6 Å². The Balaban J connectivity index is 1.59. The fraction of sp³-hybridized carbons (Fsp3) is 0.316. The van der Waals surface area contributed by atoms with Crippen molar-refractivity contribution < 1.29 is 4.39 Å². The van der Waals surface area contributed by atoms with Crippen molar-refractivity contribution in [1.82, 2.24) is 19.8 Å². The van der Waals surface area contributed by atoms with Gasteiger partial charge in [0.25, 0.3) is 0 Å². The Bertz CT molecular complexity index is 927. The summed E-state index contributed by atoms with van der Waals surface area (Å²) in [5, 5.41) is 5.16. The van der Waals surface area contributed by atoms with Crippen LogP contribution >= 0.6 is 11.6 Å². The van der Waals surface area contributed by atoms with Crippen molar-refractivity contribution in [3.05, 3.63) is 58.8 Å². The number of aromatic amines is 1. The second-order valence-electron chi connectivity index (χ2n) is 6.34. The van der Waals surface area contributed by atoms with Crippen LogP contribution in [0.25, 0.3) is 10.9 Å². The molecule has 2 N–H and O–H groups in total. The summed E-state index contributed by atoms with van der Waals surface area (Å²) in [4.78, 5) is 9.52. The molecule has 0 spiro atoms. The number of halogens is 2. The van der Waals surface area contributed by atoms with Gasteiger partial charge in [0, 0.05) is 56.7 Å². The molecular weight excluding hydrogens is 353 g/mol. The summed E-state index contributed by atoms with van der Waals surface area (Å²) in [6.07, 6.45) is 4.64. The molecule has 0 aliphatic heterocycles. The predicted molar refractivity (Wildman–Crippen MR) is 105 cm³/mol. The summed E-state index contributed by atoms with van der Waals surface area (Å²) >= 11 is 6.05. The topological polar surface area (TPSA) is 48.4 Å². The number of aryl methyl sites for hydroxylation is 1. The third kappa shape index (κ3) is 4.02. The average Bonchev–Trinajstić information content (AvgIpc) is 3.13. The Morgan fingerprint density at radius 1 is 1.38 bits per heavy atom. The van der Waals surface area contributed by atoms with E-state index in [1.165, 1.54) is 12.1 Å². The van der Waals surface area contributed by atoms with Crippen LogP contribution in [-0.2, 0) is 20.0 Å². The highest BCUT2D eigenvalue weighted by molar-refractivity contribution is 6.30. The Kier molecular flexibility index (Phi) is 5.52. The van der Waals surface area contributed by atoms with Crippen molar-refractivity contribution in [2.75, 3.05) is 20.6 Å². The minimum absolute atomic E-state index is 0.230. The maximum Gasteiger partial charge on any atom is 0.193 e. The molecule has 26 heavy (non-hydrogen) atoms. The molecular formula is C19H23ClFN5. The van der Waals surface area contributed by atoms with E-state index in [0.717, 1.165) is 46.1 Å². The maximum absolute atomic E-state index is 13.3. The lowest BCUT2D eigenvalue weighted by atomic mass is 10.1. The molecule has 0 saturated heterocycles. The molecule has 0 radical (unpaired) electrons. The van der Waals surface area contributed by atoms with Crippen molar-refractivity contribution >= 4 is 28.5 Å². The van der Waals surface area contributed by atoms with Gasteiger partial charge in [-0.15, -0.1) is 0 Å². The van der Waals surface area contributed by atoms with Crippen LogP contribution in [0, 0.1) is 5.82 Å². The quantitative estimate of drug-likeness (QED) is 0.529. The van der Waals surface area contributed by atoms with Gasteiger partial charge in [0.1, 0.15) is 5.82 Å². The van der Waals surface area contributed by atoms with E-state index in [0.29, 0.717) is 6.54 Å². The van der Waals surface area contributed by atoms with E-state index >= 15 is 0 Å². The molecule has 0 fully saturated rings. The summed E-state index contributed by atoms with van der Waals surface area (Å²) in [5.74, 6) is 0.583. The monoisotopic (exact) mass is 375 g/mol. The average molecular weight is 376 g/mol. The van der Waals surface area contributed by atoms with E-state index in [1.807, 2.05) is 43.2 Å². The van der Waals surface area contributed by atoms with Gasteiger partial charge in [-0.3, -0.25) is 4.99 Å². The summed E-state index contributed by atoms with van der Waals surface area (Å²) < 4.78 is 15.3. The van der Waals surface area contributed by atoms with Gasteiger partial charge in [0.2, 0.25) is 0 Å². The third-order valence-corrected chi connectivity index (χ3v) is 4.66. The van der Waals surface area contributed by atoms with E-state index in [2.05, 4.69) is 20.2 Å². The van der Waals surface area contributed by atoms with Crippen LogP contribution in [0.1, 0.15) is 11.3 Å². The van der Waals surface area contributed by atoms with Crippen molar-refractivity contribution in [2.24, 2.45) is 12.0 Å². The zero-order valence-electron chi connectivity index (χ0n) is 15.2. The lowest BCUT2D eigenvalue weighted by molar-refractivity contribution is 0.462. The van der Waals surface area contributed by atoms with Crippen molar-refractivity contribution in [3.8, 4) is 0 Å². The number of hydrogen-bond donors (Lipinski definition) is 2. The highest BCUT2D eigenvalue weighted by Gasteiger charge is 2.10. The number of rotatable bonds is 5. The fourth-order valence-electron chi connectivity index (χ4n) is 3.10. The smallest absolute Gasteiger partial charge is 0.193 e. The molecule has 0 amide bonds. The van der Waals surface area contributed by atoms with Gasteiger partial charge in [-0.05, 0) is 36.2 Å². The van der Waals surface area contributed by atoms with E-state index in [-0.39, 0.29) is 5.82 Å². The number of hydrogen-bond acceptors (Lipinski definition) is 1. The first-order valence-electron chi connectivity index (χ1n) is 8.46. The van der Waals surface area contributed by atoms with Crippen LogP contribution in [0.5, 0.6) is 0 Å². The van der Waals surface area contributed by atoms with Gasteiger partial charge < -0.3 is 19.8 Å². The number of nitrogens with zero attached hydrogens (tertiary/aromatic N) is 3. The molecule has 0 aliphatic carbocycles. The van der Waals surface area contributed by atoms with Crippen LogP contribution in [0.15, 0.2) is 41.7 Å². The van der Waals surface area contributed by atoms with Crippen LogP contribution in [0.3, 0.4) is 0 Å². The molecule has 0 unspecified atom stereocenters. The number of benzene rings is 1. The maximum atomic E-state index is 13.3. The van der Waals surface area contributed by atoms with Crippen LogP contribution in [0.2, 0.25) is 5.02 Å². The molecule has 0 atom stereocenters. The van der Waals surface area contributed by atoms with E-state index in [1.54, 1.807) is 7.05 Å². The lowest BCUT2D eigenvalue weighted by Gasteiger charge is -2.22. The van der Waals surface area contributed by atoms with Crippen LogP contribution in [0.4, 0.5) is 4.39 Å². The van der Waals surface area contributed by atoms with Gasteiger partial charge in [-0.2, -0.15) is 0 Å². The molecule has 5 nitrogen and oxygen atoms in total. The summed E-state index contributed by atoms with van der Waals surface area (Å²) in [7, 11) is 5.74. The van der Waals surface area contributed by atoms with Crippen molar-refractivity contribution in [1.29, 1.82) is 0 Å². The van der Waals surface area contributed by atoms with Crippen LogP contribution < -0.4 is 5.32 Å². The molecule has 3 rings (SSSR count). The first-order valence-corrected chi connectivity index (χ1v) is 8.83. The standard InChI is InChI=1S/C19H23ClFN5/c1-22-19(26(3)12-16-8-14(20)11-25(16)2)23-7-6-13-10-24-18-9-15(21)4-5-17(13)18/h4-5,8-11,24H,6-7,12H2,1-3H3,(H,22,23). The third-order valence-electron chi connectivity index (χ3n) is 4.45. The normalized spacial score (nSPS) is 12.0.